The number of nitrogens with one attached hydrogen (secondary N) is 1. The van der Waals surface area contributed by atoms with Gasteiger partial charge in [-0.15, -0.1) is 0 Å². The summed E-state index contributed by atoms with van der Waals surface area (Å²) in [5.74, 6) is 2.12. The fraction of sp³-hybridized carbons (Fsp3) is 0.391. The maximum Gasteiger partial charge on any atom is 0.416 e. The van der Waals surface area contributed by atoms with Crippen molar-refractivity contribution in [2.24, 2.45) is 0 Å². The van der Waals surface area contributed by atoms with E-state index in [1.165, 1.54) is 6.07 Å². The van der Waals surface area contributed by atoms with Crippen LogP contribution in [0.15, 0.2) is 36.4 Å². The van der Waals surface area contributed by atoms with E-state index in [0.29, 0.717) is 46.2 Å². The number of halogens is 3. The van der Waals surface area contributed by atoms with Crippen LogP contribution in [0, 0.1) is 6.92 Å². The molecule has 0 amide bonds. The third-order valence-corrected chi connectivity index (χ3v) is 5.35. The number of benzene rings is 2. The zero-order valence-electron chi connectivity index (χ0n) is 18.0. The summed E-state index contributed by atoms with van der Waals surface area (Å²) < 4.78 is 56.1. The van der Waals surface area contributed by atoms with Crippen LogP contribution in [0.4, 0.5) is 19.0 Å². The Morgan fingerprint density at radius 3 is 2.50 bits per heavy atom. The molecule has 9 heteroatoms. The van der Waals surface area contributed by atoms with Gasteiger partial charge >= 0.3 is 6.18 Å². The second-order valence-electron chi connectivity index (χ2n) is 7.91. The molecule has 6 nitrogen and oxygen atoms in total. The Hall–Kier alpha value is -3.07. The number of alkyl halides is 3. The summed E-state index contributed by atoms with van der Waals surface area (Å²) in [7, 11) is 3.19. The van der Waals surface area contributed by atoms with Gasteiger partial charge in [-0.25, -0.2) is 9.97 Å². The van der Waals surface area contributed by atoms with Crippen LogP contribution in [0.1, 0.15) is 29.8 Å². The summed E-state index contributed by atoms with van der Waals surface area (Å²) in [6.07, 6.45) is -2.63. The Balaban J connectivity index is 1.66. The molecule has 0 unspecified atom stereocenters. The number of hydrogen-bond donors (Lipinski definition) is 1. The first-order valence-electron chi connectivity index (χ1n) is 10.2. The molecule has 2 aromatic carbocycles. The lowest BCUT2D eigenvalue weighted by atomic mass is 10.1. The minimum Gasteiger partial charge on any atom is -0.493 e. The summed E-state index contributed by atoms with van der Waals surface area (Å²) in [4.78, 5) is 8.94. The molecule has 1 aromatic heterocycles. The predicted molar refractivity (Wildman–Crippen MR) is 114 cm³/mol. The number of rotatable bonds is 8. The minimum absolute atomic E-state index is 0.172. The quantitative estimate of drug-likeness (QED) is 0.516. The molecule has 0 bridgehead atoms. The number of aromatic nitrogens is 2. The average molecular weight is 447 g/mol. The standard InChI is InChI=1S/C23H24F3N3O3/c1-14-28-18-11-19(31-3)20(32-22(7-8-22)13-30-2)10-17(18)21(29-14)27-12-15-5-4-6-16(9-15)23(24,25)26/h4-6,9-11H,7-8,12-13H2,1-3H3,(H,27,28,29). The van der Waals surface area contributed by atoms with Gasteiger partial charge in [0.2, 0.25) is 0 Å². The summed E-state index contributed by atoms with van der Waals surface area (Å²) in [5.41, 5.74) is 0.0808. The highest BCUT2D eigenvalue weighted by Crippen LogP contribution is 2.44. The van der Waals surface area contributed by atoms with E-state index in [-0.39, 0.29) is 12.1 Å². The van der Waals surface area contributed by atoms with Crippen LogP contribution in [0.2, 0.25) is 0 Å². The van der Waals surface area contributed by atoms with Gasteiger partial charge < -0.3 is 19.5 Å². The Morgan fingerprint density at radius 1 is 1.06 bits per heavy atom. The van der Waals surface area contributed by atoms with E-state index >= 15 is 0 Å². The van der Waals surface area contributed by atoms with E-state index < -0.39 is 11.7 Å². The van der Waals surface area contributed by atoms with E-state index in [4.69, 9.17) is 14.2 Å². The molecule has 1 fully saturated rings. The summed E-state index contributed by atoms with van der Waals surface area (Å²) >= 11 is 0. The number of nitrogens with zero attached hydrogens (tertiary/aromatic N) is 2. The Bertz CT molecular complexity index is 1130. The Kier molecular flexibility index (Phi) is 5.85. The first-order valence-corrected chi connectivity index (χ1v) is 10.2. The van der Waals surface area contributed by atoms with Gasteiger partial charge in [-0.3, -0.25) is 0 Å². The summed E-state index contributed by atoms with van der Waals surface area (Å²) in [5, 5.41) is 3.84. The van der Waals surface area contributed by atoms with Gasteiger partial charge in [0.05, 0.1) is 24.8 Å². The molecule has 0 atom stereocenters. The fourth-order valence-electron chi connectivity index (χ4n) is 3.58. The molecular formula is C23H24F3N3O3. The predicted octanol–water partition coefficient (Wildman–Crippen LogP) is 5.14. The Morgan fingerprint density at radius 2 is 1.84 bits per heavy atom. The highest BCUT2D eigenvalue weighted by molar-refractivity contribution is 5.91. The fourth-order valence-corrected chi connectivity index (χ4v) is 3.58. The van der Waals surface area contributed by atoms with Crippen molar-refractivity contribution in [2.75, 3.05) is 26.1 Å². The van der Waals surface area contributed by atoms with E-state index in [1.807, 2.05) is 0 Å². The highest BCUT2D eigenvalue weighted by Gasteiger charge is 2.46. The smallest absolute Gasteiger partial charge is 0.416 e. The second kappa shape index (κ2) is 8.46. The Labute approximate surface area is 183 Å². The van der Waals surface area contributed by atoms with Crippen LogP contribution < -0.4 is 14.8 Å². The molecule has 32 heavy (non-hydrogen) atoms. The maximum absolute atomic E-state index is 13.0. The lowest BCUT2D eigenvalue weighted by Crippen LogP contribution is -2.24. The SMILES string of the molecule is COCC1(Oc2cc3c(NCc4cccc(C(F)(F)F)c4)nc(C)nc3cc2OC)CC1. The van der Waals surface area contributed by atoms with Crippen LogP contribution in [0.5, 0.6) is 11.5 Å². The van der Waals surface area contributed by atoms with Crippen molar-refractivity contribution in [3.8, 4) is 11.5 Å². The van der Waals surface area contributed by atoms with Crippen LogP contribution in [-0.2, 0) is 17.5 Å². The molecular weight excluding hydrogens is 423 g/mol. The van der Waals surface area contributed by atoms with Crippen molar-refractivity contribution >= 4 is 16.7 Å². The molecule has 1 saturated carbocycles. The largest absolute Gasteiger partial charge is 0.493 e. The topological polar surface area (TPSA) is 65.5 Å². The van der Waals surface area contributed by atoms with E-state index in [2.05, 4.69) is 15.3 Å². The van der Waals surface area contributed by atoms with Gasteiger partial charge in [-0.1, -0.05) is 12.1 Å². The average Bonchev–Trinajstić information content (AvgIpc) is 3.50. The van der Waals surface area contributed by atoms with E-state index in [1.54, 1.807) is 39.3 Å². The molecule has 1 N–H and O–H groups in total. The molecule has 0 aliphatic heterocycles. The van der Waals surface area contributed by atoms with Crippen molar-refractivity contribution < 1.29 is 27.4 Å². The van der Waals surface area contributed by atoms with Gasteiger partial charge in [0.15, 0.2) is 11.5 Å². The van der Waals surface area contributed by atoms with Crippen molar-refractivity contribution in [3.63, 3.8) is 0 Å². The van der Waals surface area contributed by atoms with Gasteiger partial charge in [-0.2, -0.15) is 13.2 Å². The van der Waals surface area contributed by atoms with E-state index in [9.17, 15) is 13.2 Å². The maximum atomic E-state index is 13.0. The van der Waals surface area contributed by atoms with Crippen molar-refractivity contribution in [1.29, 1.82) is 0 Å². The van der Waals surface area contributed by atoms with Crippen molar-refractivity contribution in [2.45, 2.75) is 38.1 Å². The molecule has 0 saturated heterocycles. The zero-order chi connectivity index (χ0) is 22.9. The van der Waals surface area contributed by atoms with Crippen LogP contribution in [0.25, 0.3) is 10.9 Å². The highest BCUT2D eigenvalue weighted by atomic mass is 19.4. The lowest BCUT2D eigenvalue weighted by Gasteiger charge is -2.20. The van der Waals surface area contributed by atoms with Gasteiger partial charge in [-0.05, 0) is 43.5 Å². The second-order valence-corrected chi connectivity index (χ2v) is 7.91. The van der Waals surface area contributed by atoms with Gasteiger partial charge in [0.25, 0.3) is 0 Å². The zero-order valence-corrected chi connectivity index (χ0v) is 18.0. The normalized spacial score (nSPS) is 14.9. The number of ether oxygens (including phenoxy) is 3. The monoisotopic (exact) mass is 447 g/mol. The number of fused-ring (bicyclic) bond motifs is 1. The third kappa shape index (κ3) is 4.72. The number of hydrogen-bond acceptors (Lipinski definition) is 6. The first-order chi connectivity index (χ1) is 15.2. The van der Waals surface area contributed by atoms with Crippen LogP contribution in [0.3, 0.4) is 0 Å². The molecule has 1 aliphatic rings. The molecule has 3 aromatic rings. The van der Waals surface area contributed by atoms with Gasteiger partial charge in [0.1, 0.15) is 17.2 Å². The van der Waals surface area contributed by atoms with Crippen LogP contribution in [-0.4, -0.2) is 36.4 Å². The molecule has 1 heterocycles. The van der Waals surface area contributed by atoms with Crippen molar-refractivity contribution in [3.05, 3.63) is 53.3 Å². The van der Waals surface area contributed by atoms with Gasteiger partial charge in [0, 0.05) is 25.1 Å². The third-order valence-electron chi connectivity index (χ3n) is 5.35. The first kappa shape index (κ1) is 22.1. The molecule has 0 spiro atoms. The molecule has 0 radical (unpaired) electrons. The number of aryl methyl sites for hydroxylation is 1. The van der Waals surface area contributed by atoms with Crippen LogP contribution >= 0.6 is 0 Å². The van der Waals surface area contributed by atoms with Crippen molar-refractivity contribution in [1.82, 2.24) is 9.97 Å². The lowest BCUT2D eigenvalue weighted by molar-refractivity contribution is -0.137. The number of anilines is 1. The minimum atomic E-state index is -4.39. The summed E-state index contributed by atoms with van der Waals surface area (Å²) in [6, 6.07) is 8.79. The molecule has 170 valence electrons. The summed E-state index contributed by atoms with van der Waals surface area (Å²) in [6.45, 7) is 2.40. The number of methoxy groups -OCH3 is 2. The molecule has 4 rings (SSSR count). The van der Waals surface area contributed by atoms with E-state index in [0.717, 1.165) is 25.0 Å². The molecule has 1 aliphatic carbocycles.